The third-order valence-electron chi connectivity index (χ3n) is 3.74. The van der Waals surface area contributed by atoms with Crippen LogP contribution in [-0.2, 0) is 0 Å². The molecule has 0 unspecified atom stereocenters. The van der Waals surface area contributed by atoms with Crippen LogP contribution < -0.4 is 10.2 Å². The van der Waals surface area contributed by atoms with Crippen molar-refractivity contribution >= 4 is 5.82 Å². The fourth-order valence-electron chi connectivity index (χ4n) is 2.57. The molecule has 4 nitrogen and oxygen atoms in total. The maximum absolute atomic E-state index is 8.72. The van der Waals surface area contributed by atoms with Gasteiger partial charge in [-0.25, -0.2) is 4.98 Å². The molecule has 106 valence electrons. The minimum absolute atomic E-state index is 0.322. The number of piperidine rings is 1. The van der Waals surface area contributed by atoms with Crippen LogP contribution in [0.15, 0.2) is 24.4 Å². The van der Waals surface area contributed by atoms with Gasteiger partial charge in [-0.05, 0) is 50.8 Å². The summed E-state index contributed by atoms with van der Waals surface area (Å²) < 4.78 is 0. The maximum atomic E-state index is 8.72. The van der Waals surface area contributed by atoms with Crippen LogP contribution >= 0.6 is 0 Å². The van der Waals surface area contributed by atoms with E-state index in [0.717, 1.165) is 38.3 Å². The minimum Gasteiger partial charge on any atom is -0.396 e. The number of anilines is 1. The molecule has 1 aliphatic heterocycles. The first-order chi connectivity index (χ1) is 9.40. The monoisotopic (exact) mass is 263 g/mol. The van der Waals surface area contributed by atoms with Crippen LogP contribution in [0, 0.1) is 0 Å². The van der Waals surface area contributed by atoms with E-state index in [-0.39, 0.29) is 0 Å². The van der Waals surface area contributed by atoms with E-state index in [1.54, 1.807) is 0 Å². The van der Waals surface area contributed by atoms with E-state index in [2.05, 4.69) is 21.3 Å². The average Bonchev–Trinajstić information content (AvgIpc) is 2.49. The second kappa shape index (κ2) is 8.12. The summed E-state index contributed by atoms with van der Waals surface area (Å²) in [6.07, 6.45) is 7.46. The van der Waals surface area contributed by atoms with Crippen molar-refractivity contribution in [2.24, 2.45) is 0 Å². The third kappa shape index (κ3) is 4.80. The number of hydrogen-bond acceptors (Lipinski definition) is 4. The van der Waals surface area contributed by atoms with Gasteiger partial charge < -0.3 is 15.3 Å². The van der Waals surface area contributed by atoms with Gasteiger partial charge in [0.05, 0.1) is 0 Å². The van der Waals surface area contributed by atoms with E-state index in [9.17, 15) is 0 Å². The van der Waals surface area contributed by atoms with Crippen LogP contribution in [0.1, 0.15) is 32.1 Å². The summed E-state index contributed by atoms with van der Waals surface area (Å²) in [5.74, 6) is 1.10. The van der Waals surface area contributed by atoms with E-state index in [1.165, 1.54) is 19.3 Å². The summed E-state index contributed by atoms with van der Waals surface area (Å²) in [5.41, 5.74) is 0. The Morgan fingerprint density at radius 3 is 2.74 bits per heavy atom. The summed E-state index contributed by atoms with van der Waals surface area (Å²) in [7, 11) is 0. The Morgan fingerprint density at radius 2 is 2.05 bits per heavy atom. The number of aliphatic hydroxyl groups is 1. The molecule has 0 radical (unpaired) electrons. The molecule has 0 atom stereocenters. The normalized spacial score (nSPS) is 16.8. The molecule has 0 bridgehead atoms. The predicted molar refractivity (Wildman–Crippen MR) is 78.4 cm³/mol. The Kier molecular flexibility index (Phi) is 6.11. The van der Waals surface area contributed by atoms with Crippen molar-refractivity contribution in [3.63, 3.8) is 0 Å². The first kappa shape index (κ1) is 14.3. The van der Waals surface area contributed by atoms with Crippen LogP contribution in [0.2, 0.25) is 0 Å². The molecule has 19 heavy (non-hydrogen) atoms. The van der Waals surface area contributed by atoms with Crippen molar-refractivity contribution in [2.75, 3.05) is 31.1 Å². The van der Waals surface area contributed by atoms with Gasteiger partial charge in [-0.15, -0.1) is 0 Å². The van der Waals surface area contributed by atoms with Gasteiger partial charge in [0.15, 0.2) is 0 Å². The van der Waals surface area contributed by atoms with Gasteiger partial charge in [0, 0.05) is 31.9 Å². The lowest BCUT2D eigenvalue weighted by Crippen LogP contribution is -2.43. The van der Waals surface area contributed by atoms with Crippen LogP contribution in [0.25, 0.3) is 0 Å². The van der Waals surface area contributed by atoms with Crippen molar-refractivity contribution in [1.29, 1.82) is 0 Å². The van der Waals surface area contributed by atoms with Gasteiger partial charge in [0.2, 0.25) is 0 Å². The van der Waals surface area contributed by atoms with Crippen LogP contribution in [0.3, 0.4) is 0 Å². The van der Waals surface area contributed by atoms with E-state index < -0.39 is 0 Å². The number of nitrogens with zero attached hydrogens (tertiary/aromatic N) is 2. The number of rotatable bonds is 7. The largest absolute Gasteiger partial charge is 0.396 e. The molecule has 1 aromatic rings. The quantitative estimate of drug-likeness (QED) is 0.737. The number of pyridine rings is 1. The number of hydrogen-bond donors (Lipinski definition) is 2. The number of nitrogens with one attached hydrogen (secondary N) is 1. The zero-order valence-corrected chi connectivity index (χ0v) is 11.6. The van der Waals surface area contributed by atoms with Crippen molar-refractivity contribution in [3.05, 3.63) is 24.4 Å². The van der Waals surface area contributed by atoms with Gasteiger partial charge in [-0.3, -0.25) is 0 Å². The molecular weight excluding hydrogens is 238 g/mol. The van der Waals surface area contributed by atoms with Gasteiger partial charge >= 0.3 is 0 Å². The summed E-state index contributed by atoms with van der Waals surface area (Å²) in [5, 5.41) is 12.3. The smallest absolute Gasteiger partial charge is 0.128 e. The van der Waals surface area contributed by atoms with Gasteiger partial charge in [-0.1, -0.05) is 6.07 Å². The Bertz CT molecular complexity index is 337. The average molecular weight is 263 g/mol. The highest BCUT2D eigenvalue weighted by molar-refractivity contribution is 5.38. The Hall–Kier alpha value is -1.13. The Labute approximate surface area is 115 Å². The molecule has 1 aromatic heterocycles. The predicted octanol–water partition coefficient (Wildman–Crippen LogP) is 1.80. The van der Waals surface area contributed by atoms with Gasteiger partial charge in [-0.2, -0.15) is 0 Å². The zero-order valence-electron chi connectivity index (χ0n) is 11.6. The standard InChI is InChI=1S/C15H25N3O/c19-13-5-1-3-9-16-14-7-11-18(12-8-14)15-6-2-4-10-17-15/h2,4,6,10,14,16,19H,1,3,5,7-9,11-13H2. The van der Waals surface area contributed by atoms with Crippen LogP contribution in [0.4, 0.5) is 5.82 Å². The molecule has 0 saturated carbocycles. The fourth-order valence-corrected chi connectivity index (χ4v) is 2.57. The molecule has 0 spiro atoms. The lowest BCUT2D eigenvalue weighted by Gasteiger charge is -2.33. The summed E-state index contributed by atoms with van der Waals surface area (Å²) in [6, 6.07) is 6.75. The van der Waals surface area contributed by atoms with Gasteiger partial charge in [0.25, 0.3) is 0 Å². The lowest BCUT2D eigenvalue weighted by molar-refractivity contribution is 0.282. The molecule has 4 heteroatoms. The number of unbranched alkanes of at least 4 members (excludes halogenated alkanes) is 2. The highest BCUT2D eigenvalue weighted by atomic mass is 16.2. The molecule has 0 aromatic carbocycles. The second-order valence-corrected chi connectivity index (χ2v) is 5.19. The summed E-state index contributed by atoms with van der Waals surface area (Å²) in [4.78, 5) is 6.77. The maximum Gasteiger partial charge on any atom is 0.128 e. The first-order valence-electron chi connectivity index (χ1n) is 7.40. The number of aromatic nitrogens is 1. The first-order valence-corrected chi connectivity index (χ1v) is 7.40. The van der Waals surface area contributed by atoms with Crippen molar-refractivity contribution in [2.45, 2.75) is 38.1 Å². The van der Waals surface area contributed by atoms with Crippen molar-refractivity contribution < 1.29 is 5.11 Å². The van der Waals surface area contributed by atoms with E-state index in [4.69, 9.17) is 5.11 Å². The third-order valence-corrected chi connectivity index (χ3v) is 3.74. The zero-order chi connectivity index (χ0) is 13.3. The van der Waals surface area contributed by atoms with E-state index in [1.807, 2.05) is 18.3 Å². The molecule has 1 saturated heterocycles. The minimum atomic E-state index is 0.322. The highest BCUT2D eigenvalue weighted by Crippen LogP contribution is 2.17. The summed E-state index contributed by atoms with van der Waals surface area (Å²) in [6.45, 7) is 3.58. The Balaban J connectivity index is 1.63. The lowest BCUT2D eigenvalue weighted by atomic mass is 10.0. The van der Waals surface area contributed by atoms with Crippen molar-refractivity contribution in [1.82, 2.24) is 10.3 Å². The topological polar surface area (TPSA) is 48.4 Å². The highest BCUT2D eigenvalue weighted by Gasteiger charge is 2.19. The van der Waals surface area contributed by atoms with Crippen LogP contribution in [0.5, 0.6) is 0 Å². The molecule has 2 heterocycles. The number of aliphatic hydroxyl groups excluding tert-OH is 1. The van der Waals surface area contributed by atoms with E-state index >= 15 is 0 Å². The molecule has 1 aliphatic rings. The molecule has 2 rings (SSSR count). The van der Waals surface area contributed by atoms with E-state index in [0.29, 0.717) is 12.6 Å². The van der Waals surface area contributed by atoms with Crippen molar-refractivity contribution in [3.8, 4) is 0 Å². The molecule has 0 amide bonds. The van der Waals surface area contributed by atoms with Crippen LogP contribution in [-0.4, -0.2) is 42.4 Å². The second-order valence-electron chi connectivity index (χ2n) is 5.19. The summed E-state index contributed by atoms with van der Waals surface area (Å²) >= 11 is 0. The molecular formula is C15H25N3O. The molecule has 0 aliphatic carbocycles. The SMILES string of the molecule is OCCCCCNC1CCN(c2ccccn2)CC1. The Morgan fingerprint density at radius 1 is 1.21 bits per heavy atom. The molecule has 1 fully saturated rings. The molecule has 2 N–H and O–H groups in total. The van der Waals surface area contributed by atoms with Gasteiger partial charge in [0.1, 0.15) is 5.82 Å². The fraction of sp³-hybridized carbons (Fsp3) is 0.667.